The summed E-state index contributed by atoms with van der Waals surface area (Å²) >= 11 is 0. The van der Waals surface area contributed by atoms with E-state index in [2.05, 4.69) is 5.32 Å². The second kappa shape index (κ2) is 14.5. The van der Waals surface area contributed by atoms with Crippen LogP contribution in [0.15, 0.2) is 77.7 Å². The smallest absolute Gasteiger partial charge is 0.264 e. The minimum Gasteiger partial charge on any atom is -0.497 e. The van der Waals surface area contributed by atoms with Crippen molar-refractivity contribution >= 4 is 27.5 Å². The van der Waals surface area contributed by atoms with Gasteiger partial charge in [-0.2, -0.15) is 0 Å². The molecule has 0 saturated heterocycles. The molecule has 1 aliphatic rings. The maximum atomic E-state index is 15.1. The van der Waals surface area contributed by atoms with Crippen molar-refractivity contribution in [2.75, 3.05) is 18.0 Å². The molecule has 0 aromatic heterocycles. The number of hydrogen-bond donors (Lipinski definition) is 1. The van der Waals surface area contributed by atoms with Gasteiger partial charge in [0.05, 0.1) is 17.7 Å². The van der Waals surface area contributed by atoms with E-state index in [1.807, 2.05) is 19.9 Å². The molecule has 1 fully saturated rings. The lowest BCUT2D eigenvalue weighted by Gasteiger charge is -2.34. The Morgan fingerprint density at radius 1 is 1.00 bits per heavy atom. The van der Waals surface area contributed by atoms with Crippen molar-refractivity contribution in [3.8, 4) is 5.75 Å². The topological polar surface area (TPSA) is 96.0 Å². The van der Waals surface area contributed by atoms with E-state index < -0.39 is 34.3 Å². The molecule has 4 rings (SSSR count). The zero-order valence-electron chi connectivity index (χ0n) is 25.0. The van der Waals surface area contributed by atoms with Gasteiger partial charge in [-0.15, -0.1) is 0 Å². The molecule has 0 bridgehead atoms. The van der Waals surface area contributed by atoms with Gasteiger partial charge in [-0.1, -0.05) is 68.1 Å². The molecule has 43 heavy (non-hydrogen) atoms. The van der Waals surface area contributed by atoms with Crippen LogP contribution in [0.25, 0.3) is 0 Å². The SMILES string of the molecule is CC[C@H](C(=O)NC1CCCCC1)N(Cc1cccc(OC)c1)C(=O)CN(c1ccccc1F)S(=O)(=O)c1ccc(C)cc1. The number of ether oxygens (including phenoxy) is 1. The Morgan fingerprint density at radius 2 is 1.70 bits per heavy atom. The highest BCUT2D eigenvalue weighted by molar-refractivity contribution is 7.92. The maximum Gasteiger partial charge on any atom is 0.264 e. The summed E-state index contributed by atoms with van der Waals surface area (Å²) in [5.74, 6) is -1.12. The molecule has 3 aromatic carbocycles. The molecular weight excluding hydrogens is 569 g/mol. The number of methoxy groups -OCH3 is 1. The number of nitrogens with one attached hydrogen (secondary N) is 1. The number of rotatable bonds is 12. The first-order valence-corrected chi connectivity index (χ1v) is 16.1. The Balaban J connectivity index is 1.72. The fourth-order valence-corrected chi connectivity index (χ4v) is 6.86. The number of aryl methyl sites for hydroxylation is 1. The Kier molecular flexibility index (Phi) is 10.8. The zero-order chi connectivity index (χ0) is 31.0. The van der Waals surface area contributed by atoms with Gasteiger partial charge in [0.1, 0.15) is 24.2 Å². The maximum absolute atomic E-state index is 15.1. The van der Waals surface area contributed by atoms with Crippen molar-refractivity contribution in [2.45, 2.75) is 75.9 Å². The Bertz CT molecular complexity index is 1510. The first-order valence-electron chi connectivity index (χ1n) is 14.7. The van der Waals surface area contributed by atoms with Crippen molar-refractivity contribution in [2.24, 2.45) is 0 Å². The summed E-state index contributed by atoms with van der Waals surface area (Å²) in [4.78, 5) is 29.2. The van der Waals surface area contributed by atoms with Gasteiger partial charge in [0.2, 0.25) is 11.8 Å². The molecule has 1 aliphatic carbocycles. The molecule has 8 nitrogen and oxygen atoms in total. The molecule has 0 unspecified atom stereocenters. The van der Waals surface area contributed by atoms with E-state index in [-0.39, 0.29) is 29.1 Å². The summed E-state index contributed by atoms with van der Waals surface area (Å²) in [6, 6.07) is 17.9. The van der Waals surface area contributed by atoms with Crippen LogP contribution < -0.4 is 14.4 Å². The van der Waals surface area contributed by atoms with Crippen molar-refractivity contribution in [1.82, 2.24) is 10.2 Å². The number of nitrogens with zero attached hydrogens (tertiary/aromatic N) is 2. The molecule has 3 aromatic rings. The molecule has 1 saturated carbocycles. The number of carbonyl (C=O) groups is 2. The summed E-state index contributed by atoms with van der Waals surface area (Å²) in [6.45, 7) is 2.97. The summed E-state index contributed by atoms with van der Waals surface area (Å²) in [7, 11) is -2.82. The molecule has 0 radical (unpaired) electrons. The number of para-hydroxylation sites is 1. The third-order valence-electron chi connectivity index (χ3n) is 7.83. The first kappa shape index (κ1) is 32.0. The molecular formula is C33H40FN3O5S. The molecule has 0 aliphatic heterocycles. The van der Waals surface area contributed by atoms with E-state index >= 15 is 4.39 Å². The van der Waals surface area contributed by atoms with Crippen LogP contribution in [0.4, 0.5) is 10.1 Å². The summed E-state index contributed by atoms with van der Waals surface area (Å²) < 4.78 is 49.1. The largest absolute Gasteiger partial charge is 0.497 e. The lowest BCUT2D eigenvalue weighted by atomic mass is 9.95. The molecule has 1 atom stereocenters. The number of sulfonamides is 1. The van der Waals surface area contributed by atoms with E-state index in [9.17, 15) is 18.0 Å². The normalized spacial score (nSPS) is 14.5. The van der Waals surface area contributed by atoms with Crippen molar-refractivity contribution in [3.05, 3.63) is 89.7 Å². The van der Waals surface area contributed by atoms with Crippen molar-refractivity contribution < 1.29 is 27.1 Å². The fraction of sp³-hybridized carbons (Fsp3) is 0.394. The van der Waals surface area contributed by atoms with E-state index in [0.29, 0.717) is 17.7 Å². The van der Waals surface area contributed by atoms with E-state index in [1.54, 1.807) is 30.3 Å². The van der Waals surface area contributed by atoms with Gasteiger partial charge in [-0.25, -0.2) is 12.8 Å². The number of anilines is 1. The third-order valence-corrected chi connectivity index (χ3v) is 9.61. The van der Waals surface area contributed by atoms with Crippen LogP contribution in [0.2, 0.25) is 0 Å². The van der Waals surface area contributed by atoms with Crippen LogP contribution >= 0.6 is 0 Å². The standard InChI is InChI=1S/C33H40FN3O5S/c1-4-30(33(39)35-26-12-6-5-7-13-26)36(22-25-11-10-14-27(21-25)42-3)32(38)23-37(31-16-9-8-15-29(31)34)43(40,41)28-19-17-24(2)18-20-28/h8-11,14-21,26,30H,4-7,12-13,22-23H2,1-3H3,(H,35,39)/t30-/m1/s1. The van der Waals surface area contributed by atoms with Crippen LogP contribution in [0, 0.1) is 12.7 Å². The summed E-state index contributed by atoms with van der Waals surface area (Å²) in [5, 5.41) is 3.12. The predicted octanol–water partition coefficient (Wildman–Crippen LogP) is 5.59. The van der Waals surface area contributed by atoms with Gasteiger partial charge < -0.3 is 15.0 Å². The number of benzene rings is 3. The highest BCUT2D eigenvalue weighted by Gasteiger charge is 2.35. The monoisotopic (exact) mass is 609 g/mol. The van der Waals surface area contributed by atoms with Crippen LogP contribution in [0.5, 0.6) is 5.75 Å². The van der Waals surface area contributed by atoms with Gasteiger partial charge >= 0.3 is 0 Å². The third kappa shape index (κ3) is 7.93. The fourth-order valence-electron chi connectivity index (χ4n) is 5.44. The number of hydrogen-bond acceptors (Lipinski definition) is 5. The summed E-state index contributed by atoms with van der Waals surface area (Å²) in [6.07, 6.45) is 5.25. The Hall–Kier alpha value is -3.92. The van der Waals surface area contributed by atoms with Gasteiger partial charge in [-0.05, 0) is 68.1 Å². The van der Waals surface area contributed by atoms with Gasteiger partial charge in [0.25, 0.3) is 10.0 Å². The highest BCUT2D eigenvalue weighted by Crippen LogP contribution is 2.28. The van der Waals surface area contributed by atoms with Crippen LogP contribution in [0.1, 0.15) is 56.6 Å². The van der Waals surface area contributed by atoms with E-state index in [4.69, 9.17) is 4.74 Å². The van der Waals surface area contributed by atoms with Crippen LogP contribution in [-0.4, -0.2) is 50.9 Å². The minimum absolute atomic E-state index is 0.0286. The highest BCUT2D eigenvalue weighted by atomic mass is 32.2. The first-order chi connectivity index (χ1) is 20.6. The average molecular weight is 610 g/mol. The average Bonchev–Trinajstić information content (AvgIpc) is 3.01. The van der Waals surface area contributed by atoms with Crippen LogP contribution in [-0.2, 0) is 26.2 Å². The van der Waals surface area contributed by atoms with Crippen molar-refractivity contribution in [1.29, 1.82) is 0 Å². The lowest BCUT2D eigenvalue weighted by molar-refractivity contribution is -0.140. The Morgan fingerprint density at radius 3 is 2.35 bits per heavy atom. The molecule has 230 valence electrons. The van der Waals surface area contributed by atoms with Crippen LogP contribution in [0.3, 0.4) is 0 Å². The second-order valence-corrected chi connectivity index (χ2v) is 12.8. The molecule has 10 heteroatoms. The lowest BCUT2D eigenvalue weighted by Crippen LogP contribution is -2.54. The number of amides is 2. The van der Waals surface area contributed by atoms with E-state index in [1.165, 1.54) is 42.3 Å². The second-order valence-electron chi connectivity index (χ2n) is 10.9. The predicted molar refractivity (Wildman–Crippen MR) is 165 cm³/mol. The molecule has 2 amide bonds. The molecule has 0 spiro atoms. The zero-order valence-corrected chi connectivity index (χ0v) is 25.8. The van der Waals surface area contributed by atoms with E-state index in [0.717, 1.165) is 48.0 Å². The summed E-state index contributed by atoms with van der Waals surface area (Å²) in [5.41, 5.74) is 1.31. The number of halogens is 1. The van der Waals surface area contributed by atoms with Crippen molar-refractivity contribution in [3.63, 3.8) is 0 Å². The quantitative estimate of drug-likeness (QED) is 0.289. The Labute approximate surface area is 253 Å². The minimum atomic E-state index is -4.36. The molecule has 0 heterocycles. The van der Waals surface area contributed by atoms with Gasteiger partial charge in [0, 0.05) is 12.6 Å². The number of carbonyl (C=O) groups excluding carboxylic acids is 2. The van der Waals surface area contributed by atoms with Gasteiger partial charge in [0.15, 0.2) is 0 Å². The van der Waals surface area contributed by atoms with Gasteiger partial charge in [-0.3, -0.25) is 13.9 Å². The molecule has 1 N–H and O–H groups in total.